The molecular formula is C32H41N3O4S. The van der Waals surface area contributed by atoms with Crippen LogP contribution in [0.5, 0.6) is 0 Å². The molecular weight excluding hydrogens is 522 g/mol. The van der Waals surface area contributed by atoms with E-state index in [1.54, 1.807) is 30.3 Å². The summed E-state index contributed by atoms with van der Waals surface area (Å²) in [6.07, 6.45) is 1.19. The van der Waals surface area contributed by atoms with E-state index in [2.05, 4.69) is 5.32 Å². The Morgan fingerprint density at radius 3 is 2.08 bits per heavy atom. The SMILES string of the molecule is CCc1ccc(N(CC(=O)N(Cc2ccccc2C)[C@H](CC)C(=O)NCC(C)C)S(=O)(=O)c2ccccc2)cc1. The summed E-state index contributed by atoms with van der Waals surface area (Å²) in [5.74, 6) is -0.448. The summed E-state index contributed by atoms with van der Waals surface area (Å²) in [5, 5.41) is 2.96. The molecule has 7 nitrogen and oxygen atoms in total. The zero-order chi connectivity index (χ0) is 29.3. The Labute approximate surface area is 239 Å². The molecule has 1 atom stereocenters. The van der Waals surface area contributed by atoms with Crippen LogP contribution in [0.2, 0.25) is 0 Å². The fourth-order valence-corrected chi connectivity index (χ4v) is 5.89. The number of sulfonamides is 1. The molecule has 0 spiro atoms. The van der Waals surface area contributed by atoms with Gasteiger partial charge in [-0.15, -0.1) is 0 Å². The van der Waals surface area contributed by atoms with E-state index in [4.69, 9.17) is 0 Å². The van der Waals surface area contributed by atoms with Crippen molar-refractivity contribution in [2.75, 3.05) is 17.4 Å². The number of hydrogen-bond acceptors (Lipinski definition) is 4. The molecule has 214 valence electrons. The highest BCUT2D eigenvalue weighted by Crippen LogP contribution is 2.25. The number of aryl methyl sites for hydroxylation is 2. The number of carbonyl (C=O) groups is 2. The van der Waals surface area contributed by atoms with E-state index in [1.165, 1.54) is 17.0 Å². The third kappa shape index (κ3) is 7.72. The zero-order valence-corrected chi connectivity index (χ0v) is 24.9. The second-order valence-corrected chi connectivity index (χ2v) is 12.2. The highest BCUT2D eigenvalue weighted by atomic mass is 32.2. The van der Waals surface area contributed by atoms with Crippen molar-refractivity contribution < 1.29 is 18.0 Å². The summed E-state index contributed by atoms with van der Waals surface area (Å²) in [5.41, 5.74) is 3.33. The standard InChI is InChI=1S/C32H41N3O4S/c1-6-26-17-19-28(20-18-26)35(40(38,39)29-15-9-8-10-16-29)23-31(36)34(22-27-14-12-11-13-25(27)5)30(7-2)32(37)33-21-24(3)4/h8-20,24,30H,6-7,21-23H2,1-5H3,(H,33,37)/t30-/m1/s1. The maximum Gasteiger partial charge on any atom is 0.264 e. The van der Waals surface area contributed by atoms with E-state index in [9.17, 15) is 18.0 Å². The Kier molecular flexibility index (Phi) is 10.9. The first-order valence-electron chi connectivity index (χ1n) is 13.9. The smallest absolute Gasteiger partial charge is 0.264 e. The molecule has 0 bridgehead atoms. The van der Waals surface area contributed by atoms with Crippen molar-refractivity contribution in [3.05, 3.63) is 95.6 Å². The molecule has 0 aliphatic rings. The van der Waals surface area contributed by atoms with Gasteiger partial charge in [0.25, 0.3) is 10.0 Å². The van der Waals surface area contributed by atoms with Gasteiger partial charge in [0.15, 0.2) is 0 Å². The molecule has 3 aromatic carbocycles. The van der Waals surface area contributed by atoms with Gasteiger partial charge < -0.3 is 10.2 Å². The largest absolute Gasteiger partial charge is 0.354 e. The van der Waals surface area contributed by atoms with Gasteiger partial charge in [0.1, 0.15) is 12.6 Å². The first-order chi connectivity index (χ1) is 19.1. The summed E-state index contributed by atoms with van der Waals surface area (Å²) in [6.45, 7) is 10.1. The molecule has 0 aliphatic heterocycles. The Hall–Kier alpha value is -3.65. The topological polar surface area (TPSA) is 86.8 Å². The molecule has 0 aromatic heterocycles. The third-order valence-corrected chi connectivity index (χ3v) is 8.70. The van der Waals surface area contributed by atoms with E-state index in [1.807, 2.05) is 71.0 Å². The van der Waals surface area contributed by atoms with Crippen LogP contribution in [-0.2, 0) is 32.6 Å². The van der Waals surface area contributed by atoms with Crippen LogP contribution in [0.1, 0.15) is 50.8 Å². The van der Waals surface area contributed by atoms with Crippen LogP contribution in [-0.4, -0.2) is 44.3 Å². The highest BCUT2D eigenvalue weighted by molar-refractivity contribution is 7.92. The maximum atomic E-state index is 14.1. The molecule has 3 aromatic rings. The van der Waals surface area contributed by atoms with Crippen LogP contribution in [0.4, 0.5) is 5.69 Å². The van der Waals surface area contributed by atoms with Gasteiger partial charge in [0.2, 0.25) is 11.8 Å². The quantitative estimate of drug-likeness (QED) is 0.305. The van der Waals surface area contributed by atoms with Crippen molar-refractivity contribution in [3.8, 4) is 0 Å². The monoisotopic (exact) mass is 563 g/mol. The molecule has 0 saturated heterocycles. The minimum Gasteiger partial charge on any atom is -0.354 e. The molecule has 0 unspecified atom stereocenters. The van der Waals surface area contributed by atoms with Crippen LogP contribution in [0.25, 0.3) is 0 Å². The van der Waals surface area contributed by atoms with Gasteiger partial charge in [-0.1, -0.05) is 82.3 Å². The minimum atomic E-state index is -4.07. The van der Waals surface area contributed by atoms with E-state index in [-0.39, 0.29) is 23.3 Å². The van der Waals surface area contributed by atoms with Crippen LogP contribution in [0.3, 0.4) is 0 Å². The minimum absolute atomic E-state index is 0.0922. The number of benzene rings is 3. The van der Waals surface area contributed by atoms with Crippen LogP contribution in [0, 0.1) is 12.8 Å². The lowest BCUT2D eigenvalue weighted by Crippen LogP contribution is -2.52. The summed E-state index contributed by atoms with van der Waals surface area (Å²) in [7, 11) is -4.07. The number of anilines is 1. The number of hydrogen-bond donors (Lipinski definition) is 1. The molecule has 40 heavy (non-hydrogen) atoms. The van der Waals surface area contributed by atoms with Crippen molar-refractivity contribution >= 4 is 27.5 Å². The van der Waals surface area contributed by atoms with Crippen molar-refractivity contribution in [2.24, 2.45) is 5.92 Å². The van der Waals surface area contributed by atoms with Crippen LogP contribution in [0.15, 0.2) is 83.8 Å². The van der Waals surface area contributed by atoms with Gasteiger partial charge >= 0.3 is 0 Å². The zero-order valence-electron chi connectivity index (χ0n) is 24.1. The van der Waals surface area contributed by atoms with Crippen LogP contribution >= 0.6 is 0 Å². The lowest BCUT2D eigenvalue weighted by Gasteiger charge is -2.33. The van der Waals surface area contributed by atoms with Crippen molar-refractivity contribution in [1.29, 1.82) is 0 Å². The maximum absolute atomic E-state index is 14.1. The molecule has 8 heteroatoms. The highest BCUT2D eigenvalue weighted by Gasteiger charge is 2.33. The first-order valence-corrected chi connectivity index (χ1v) is 15.3. The fourth-order valence-electron chi connectivity index (χ4n) is 4.46. The van der Waals surface area contributed by atoms with E-state index >= 15 is 0 Å². The van der Waals surface area contributed by atoms with Gasteiger partial charge in [0, 0.05) is 13.1 Å². The number of nitrogens with zero attached hydrogens (tertiary/aromatic N) is 2. The molecule has 0 heterocycles. The predicted octanol–water partition coefficient (Wildman–Crippen LogP) is 5.33. The average Bonchev–Trinajstić information content (AvgIpc) is 2.96. The molecule has 1 N–H and O–H groups in total. The molecule has 2 amide bonds. The Morgan fingerprint density at radius 1 is 0.875 bits per heavy atom. The molecule has 3 rings (SSSR count). The Bertz CT molecular complexity index is 1370. The number of amides is 2. The molecule has 0 fully saturated rings. The lowest BCUT2D eigenvalue weighted by atomic mass is 10.1. The summed E-state index contributed by atoms with van der Waals surface area (Å²) in [4.78, 5) is 29.0. The number of nitrogens with one attached hydrogen (secondary N) is 1. The number of carbonyl (C=O) groups excluding carboxylic acids is 2. The summed E-state index contributed by atoms with van der Waals surface area (Å²) < 4.78 is 28.9. The lowest BCUT2D eigenvalue weighted by molar-refractivity contribution is -0.140. The van der Waals surface area contributed by atoms with E-state index in [0.717, 1.165) is 27.4 Å². The summed E-state index contributed by atoms with van der Waals surface area (Å²) >= 11 is 0. The third-order valence-electron chi connectivity index (χ3n) is 6.92. The van der Waals surface area contributed by atoms with Crippen molar-refractivity contribution in [3.63, 3.8) is 0 Å². The van der Waals surface area contributed by atoms with E-state index in [0.29, 0.717) is 18.7 Å². The molecule has 0 saturated carbocycles. The van der Waals surface area contributed by atoms with Crippen molar-refractivity contribution in [2.45, 2.75) is 64.9 Å². The van der Waals surface area contributed by atoms with E-state index < -0.39 is 28.5 Å². The molecule has 0 radical (unpaired) electrons. The second kappa shape index (κ2) is 14.1. The molecule has 0 aliphatic carbocycles. The van der Waals surface area contributed by atoms with Gasteiger partial charge in [-0.2, -0.15) is 0 Å². The first kappa shape index (κ1) is 30.9. The average molecular weight is 564 g/mol. The van der Waals surface area contributed by atoms with Crippen molar-refractivity contribution in [1.82, 2.24) is 10.2 Å². The van der Waals surface area contributed by atoms with Gasteiger partial charge in [-0.25, -0.2) is 8.42 Å². The second-order valence-electron chi connectivity index (χ2n) is 10.4. The van der Waals surface area contributed by atoms with Crippen LogP contribution < -0.4 is 9.62 Å². The van der Waals surface area contributed by atoms with Gasteiger partial charge in [-0.3, -0.25) is 13.9 Å². The number of rotatable bonds is 13. The summed E-state index contributed by atoms with van der Waals surface area (Å²) in [6, 6.07) is 22.2. The Morgan fingerprint density at radius 2 is 1.50 bits per heavy atom. The van der Waals surface area contributed by atoms with Gasteiger partial charge in [0.05, 0.1) is 10.6 Å². The predicted molar refractivity (Wildman–Crippen MR) is 160 cm³/mol. The fraction of sp³-hybridized carbons (Fsp3) is 0.375. The van der Waals surface area contributed by atoms with Gasteiger partial charge in [-0.05, 0) is 66.6 Å². The normalized spacial score (nSPS) is 12.2. The Balaban J connectivity index is 2.05.